The predicted octanol–water partition coefficient (Wildman–Crippen LogP) is 5.12. The first-order valence-electron chi connectivity index (χ1n) is 10.6. The van der Waals surface area contributed by atoms with Crippen LogP contribution in [0.4, 0.5) is 0 Å². The monoisotopic (exact) mass is 446 g/mol. The minimum absolute atomic E-state index is 0.0637. The van der Waals surface area contributed by atoms with Crippen LogP contribution in [-0.4, -0.2) is 38.8 Å². The molecule has 29 heavy (non-hydrogen) atoms. The minimum atomic E-state index is -1.85. The van der Waals surface area contributed by atoms with Gasteiger partial charge < -0.3 is 0 Å². The van der Waals surface area contributed by atoms with Gasteiger partial charge in [0, 0.05) is 0 Å². The molecular formula is C24H36NO2SiTi. The summed E-state index contributed by atoms with van der Waals surface area (Å²) in [6.07, 6.45) is 1.14. The van der Waals surface area contributed by atoms with E-state index in [1.807, 2.05) is 0 Å². The normalized spacial score (nSPS) is 18.8. The Labute approximate surface area is 184 Å². The van der Waals surface area contributed by atoms with Gasteiger partial charge in [0.1, 0.15) is 0 Å². The molecule has 0 aliphatic heterocycles. The maximum atomic E-state index is 7.00. The molecule has 2 aromatic rings. The average molecular weight is 447 g/mol. The number of rotatable bonds is 6. The van der Waals surface area contributed by atoms with E-state index in [0.717, 1.165) is 17.9 Å². The van der Waals surface area contributed by atoms with Crippen LogP contribution in [0.1, 0.15) is 41.7 Å². The molecule has 0 saturated carbocycles. The molecule has 0 amide bonds. The first-order valence-corrected chi connectivity index (χ1v) is 17.7. The Balaban J connectivity index is 2.01. The van der Waals surface area contributed by atoms with Crippen molar-refractivity contribution in [3.05, 3.63) is 59.2 Å². The van der Waals surface area contributed by atoms with E-state index < -0.39 is 24.2 Å². The van der Waals surface area contributed by atoms with Gasteiger partial charge in [-0.3, -0.25) is 0 Å². The van der Waals surface area contributed by atoms with Crippen LogP contribution in [-0.2, 0) is 29.3 Å². The molecule has 0 aromatic heterocycles. The second-order valence-electron chi connectivity index (χ2n) is 9.72. The van der Waals surface area contributed by atoms with Gasteiger partial charge in [-0.15, -0.1) is 0 Å². The van der Waals surface area contributed by atoms with Gasteiger partial charge in [-0.1, -0.05) is 0 Å². The van der Waals surface area contributed by atoms with Crippen molar-refractivity contribution in [3.8, 4) is 11.5 Å². The molecule has 2 aromatic carbocycles. The summed E-state index contributed by atoms with van der Waals surface area (Å²) in [5.41, 5.74) is 4.39. The summed E-state index contributed by atoms with van der Waals surface area (Å²) in [4.78, 5) is 2.42. The van der Waals surface area contributed by atoms with Crippen LogP contribution in [0.5, 0.6) is 11.5 Å². The number of benzene rings is 2. The molecule has 0 fully saturated rings. The molecule has 157 valence electrons. The van der Waals surface area contributed by atoms with E-state index in [1.54, 1.807) is 12.7 Å². The van der Waals surface area contributed by atoms with Crippen molar-refractivity contribution in [1.29, 1.82) is 0 Å². The molecule has 0 saturated heterocycles. The number of methoxy groups -OCH3 is 1. The molecule has 2 unspecified atom stereocenters. The second-order valence-corrected chi connectivity index (χ2v) is 22.3. The van der Waals surface area contributed by atoms with Crippen molar-refractivity contribution in [2.24, 2.45) is 0 Å². The molecule has 3 nitrogen and oxygen atoms in total. The van der Waals surface area contributed by atoms with E-state index in [1.165, 1.54) is 11.1 Å². The number of fused-ring (bicyclic) bond motifs is 1. The number of nitrogens with zero attached hydrogens (tertiary/aromatic N) is 1. The van der Waals surface area contributed by atoms with E-state index in [0.29, 0.717) is 10.3 Å². The van der Waals surface area contributed by atoms with Crippen molar-refractivity contribution in [3.63, 3.8) is 0 Å². The molecule has 1 aliphatic rings. The van der Waals surface area contributed by atoms with Gasteiger partial charge in [-0.25, -0.2) is 0 Å². The van der Waals surface area contributed by atoms with Crippen LogP contribution < -0.4 is 8.06 Å². The van der Waals surface area contributed by atoms with Crippen LogP contribution in [0.3, 0.4) is 0 Å². The third-order valence-electron chi connectivity index (χ3n) is 5.96. The van der Waals surface area contributed by atoms with Crippen molar-refractivity contribution in [2.45, 2.75) is 56.0 Å². The fraction of sp³-hybridized carbons (Fsp3) is 0.500. The van der Waals surface area contributed by atoms with Gasteiger partial charge in [0.15, 0.2) is 0 Å². The Bertz CT molecular complexity index is 847. The third kappa shape index (κ3) is 4.99. The summed E-state index contributed by atoms with van der Waals surface area (Å²) >= 11 is -1.85. The Hall–Kier alpha value is -1.07. The van der Waals surface area contributed by atoms with E-state index in [4.69, 9.17) is 8.06 Å². The van der Waals surface area contributed by atoms with E-state index in [2.05, 4.69) is 95.3 Å². The molecule has 3 rings (SSSR count). The van der Waals surface area contributed by atoms with E-state index >= 15 is 0 Å². The van der Waals surface area contributed by atoms with Crippen molar-refractivity contribution in [1.82, 2.24) is 4.90 Å². The zero-order valence-corrected chi connectivity index (χ0v) is 22.0. The van der Waals surface area contributed by atoms with Gasteiger partial charge >= 0.3 is 185 Å². The van der Waals surface area contributed by atoms with E-state index in [-0.39, 0.29) is 5.41 Å². The second kappa shape index (κ2) is 8.97. The molecule has 2 atom stereocenters. The number of hydrogen-bond acceptors (Lipinski definition) is 3. The van der Waals surface area contributed by atoms with Crippen LogP contribution in [0.15, 0.2) is 42.5 Å². The Morgan fingerprint density at radius 3 is 2.28 bits per heavy atom. The Morgan fingerprint density at radius 2 is 1.69 bits per heavy atom. The van der Waals surface area contributed by atoms with Gasteiger partial charge in [-0.2, -0.15) is 0 Å². The van der Waals surface area contributed by atoms with Gasteiger partial charge in [0.05, 0.1) is 0 Å². The Morgan fingerprint density at radius 1 is 1.03 bits per heavy atom. The molecule has 1 aliphatic carbocycles. The van der Waals surface area contributed by atoms with Crippen molar-refractivity contribution in [2.75, 3.05) is 21.2 Å². The summed E-state index contributed by atoms with van der Waals surface area (Å²) in [6, 6.07) is 16.1. The van der Waals surface area contributed by atoms with Gasteiger partial charge in [0.25, 0.3) is 0 Å². The zero-order chi connectivity index (χ0) is 21.3. The van der Waals surface area contributed by atoms with E-state index in [9.17, 15) is 0 Å². The summed E-state index contributed by atoms with van der Waals surface area (Å²) < 4.78 is 13.2. The van der Waals surface area contributed by atoms with Crippen molar-refractivity contribution >= 4 is 6.66 Å². The topological polar surface area (TPSA) is 21.7 Å². The predicted molar refractivity (Wildman–Crippen MR) is 122 cm³/mol. The molecule has 0 bridgehead atoms. The zero-order valence-electron chi connectivity index (χ0n) is 19.2. The van der Waals surface area contributed by atoms with Crippen LogP contribution in [0, 0.1) is 0 Å². The van der Waals surface area contributed by atoms with Gasteiger partial charge in [0.2, 0.25) is 0 Å². The summed E-state index contributed by atoms with van der Waals surface area (Å²) in [5.74, 6) is 1.90. The van der Waals surface area contributed by atoms with Crippen LogP contribution in [0.25, 0.3) is 0 Å². The molecule has 5 heteroatoms. The van der Waals surface area contributed by atoms with Crippen molar-refractivity contribution < 1.29 is 25.6 Å². The first kappa shape index (κ1) is 22.6. The third-order valence-corrected chi connectivity index (χ3v) is 17.2. The molecular weight excluding hydrogens is 410 g/mol. The summed E-state index contributed by atoms with van der Waals surface area (Å²) in [6.45, 7) is 10.7. The summed E-state index contributed by atoms with van der Waals surface area (Å²) in [7, 11) is 6.20. The molecule has 0 heterocycles. The summed E-state index contributed by atoms with van der Waals surface area (Å²) in [5, 5.41) is 0. The number of ether oxygens (including phenoxy) is 1. The van der Waals surface area contributed by atoms with Gasteiger partial charge in [-0.05, 0) is 0 Å². The molecule has 0 spiro atoms. The SMILES string of the molecule is COc1cc([O][Ti]([CH]2c3ccccc3CC2N(C)C)[SiH](C)C)cc(C(C)(C)C)c1. The number of likely N-dealkylation sites (N-methyl/N-ethyl adjacent to an activating group) is 1. The van der Waals surface area contributed by atoms with Crippen LogP contribution in [0.2, 0.25) is 13.1 Å². The fourth-order valence-corrected chi connectivity index (χ4v) is 14.9. The molecule has 0 radical (unpaired) electrons. The first-order chi connectivity index (χ1) is 13.6. The number of hydrogen-bond donors (Lipinski definition) is 0. The average Bonchev–Trinajstić information content (AvgIpc) is 3.04. The standard InChI is InChI=1S/C11H14N.C11H16O2.C2H7Si.Ti/c1-12(2)11-7-9-5-3-4-6-10(9)8-11;1-11(2,3)8-5-9(12)7-10(6-8)13-4;1-3-2;/h3-7,11H,8H2,1-2H3;5-7,12H,1-4H3;3H,1-2H3;/q;;;+1/p-1. The molecule has 0 N–H and O–H groups in total. The fourth-order valence-electron chi connectivity index (χ4n) is 4.26. The quantitative estimate of drug-likeness (QED) is 0.576. The van der Waals surface area contributed by atoms with Crippen LogP contribution >= 0.6 is 0 Å². The maximum absolute atomic E-state index is 7.00. The Kier molecular flexibility index (Phi) is 6.99.